The number of aryl methyl sites for hydroxylation is 1. The number of halogens is 2. The monoisotopic (exact) mass is 356 g/mol. The number of rotatable bonds is 4. The summed E-state index contributed by atoms with van der Waals surface area (Å²) in [5.74, 6) is -0.879. The van der Waals surface area contributed by atoms with Gasteiger partial charge in [0.05, 0.1) is 15.9 Å². The molecule has 0 unspecified atom stereocenters. The number of carbonyl (C=O) groups is 2. The summed E-state index contributed by atoms with van der Waals surface area (Å²) in [6, 6.07) is 5.19. The van der Waals surface area contributed by atoms with Gasteiger partial charge in [-0.05, 0) is 31.2 Å². The van der Waals surface area contributed by atoms with Crippen molar-refractivity contribution in [3.8, 4) is 0 Å². The van der Waals surface area contributed by atoms with Crippen molar-refractivity contribution in [1.29, 1.82) is 0 Å². The van der Waals surface area contributed by atoms with E-state index in [1.807, 2.05) is 0 Å². The van der Waals surface area contributed by atoms with E-state index in [2.05, 4.69) is 26.2 Å². The largest absolute Gasteiger partial charge is 0.298 e. The maximum Gasteiger partial charge on any atom is 0.257 e. The molecule has 7 heteroatoms. The highest BCUT2D eigenvalue weighted by Gasteiger charge is 2.16. The molecule has 104 valence electrons. The fourth-order valence-electron chi connectivity index (χ4n) is 1.54. The van der Waals surface area contributed by atoms with Gasteiger partial charge in [0, 0.05) is 5.56 Å². The van der Waals surface area contributed by atoms with Crippen LogP contribution in [-0.4, -0.2) is 22.0 Å². The number of benzene rings is 1. The van der Waals surface area contributed by atoms with Crippen LogP contribution in [0.15, 0.2) is 24.3 Å². The number of alkyl halides is 1. The smallest absolute Gasteiger partial charge is 0.257 e. The molecule has 0 atom stereocenters. The van der Waals surface area contributed by atoms with Gasteiger partial charge < -0.3 is 0 Å². The van der Waals surface area contributed by atoms with Gasteiger partial charge in [0.1, 0.15) is 5.82 Å². The summed E-state index contributed by atoms with van der Waals surface area (Å²) < 4.78 is 12.8. The van der Waals surface area contributed by atoms with E-state index in [1.54, 1.807) is 6.92 Å². The van der Waals surface area contributed by atoms with Crippen molar-refractivity contribution in [3.05, 3.63) is 46.2 Å². The molecule has 0 saturated carbocycles. The zero-order valence-electron chi connectivity index (χ0n) is 10.4. The average molecular weight is 357 g/mol. The molecule has 0 radical (unpaired) electrons. The van der Waals surface area contributed by atoms with Crippen molar-refractivity contribution in [2.45, 2.75) is 6.92 Å². The lowest BCUT2D eigenvalue weighted by Gasteiger charge is -2.00. The SMILES string of the molecule is Cc1nc(NC(=O)c2ccc(F)cc2)sc1C(=O)CBr. The van der Waals surface area contributed by atoms with Crippen molar-refractivity contribution in [2.75, 3.05) is 10.6 Å². The first kappa shape index (κ1) is 14.8. The van der Waals surface area contributed by atoms with E-state index in [0.717, 1.165) is 11.3 Å². The lowest BCUT2D eigenvalue weighted by Crippen LogP contribution is -2.11. The maximum absolute atomic E-state index is 12.8. The van der Waals surface area contributed by atoms with Gasteiger partial charge in [0.15, 0.2) is 10.9 Å². The molecule has 2 rings (SSSR count). The highest BCUT2D eigenvalue weighted by Crippen LogP contribution is 2.24. The molecule has 0 aliphatic rings. The number of hydrogen-bond donors (Lipinski definition) is 1. The number of nitrogens with zero attached hydrogens (tertiary/aromatic N) is 1. The molecule has 2 aromatic rings. The first-order valence-electron chi connectivity index (χ1n) is 5.64. The third-order valence-corrected chi connectivity index (χ3v) is 4.12. The fraction of sp³-hybridized carbons (Fsp3) is 0.154. The van der Waals surface area contributed by atoms with Gasteiger partial charge in [0.2, 0.25) is 0 Å². The quantitative estimate of drug-likeness (QED) is 0.674. The van der Waals surface area contributed by atoms with Crippen LogP contribution in [0.25, 0.3) is 0 Å². The van der Waals surface area contributed by atoms with Gasteiger partial charge in [-0.2, -0.15) is 0 Å². The molecule has 0 saturated heterocycles. The third-order valence-electron chi connectivity index (χ3n) is 2.50. The molecule has 1 aromatic carbocycles. The zero-order chi connectivity index (χ0) is 14.7. The van der Waals surface area contributed by atoms with Crippen LogP contribution in [0.1, 0.15) is 25.7 Å². The Morgan fingerprint density at radius 1 is 1.35 bits per heavy atom. The number of anilines is 1. The van der Waals surface area contributed by atoms with Crippen LogP contribution in [0.4, 0.5) is 9.52 Å². The van der Waals surface area contributed by atoms with E-state index in [4.69, 9.17) is 0 Å². The van der Waals surface area contributed by atoms with Crippen LogP contribution in [0.2, 0.25) is 0 Å². The Bertz CT molecular complexity index is 655. The minimum absolute atomic E-state index is 0.0812. The lowest BCUT2D eigenvalue weighted by atomic mass is 10.2. The second kappa shape index (κ2) is 6.23. The molecule has 0 aliphatic heterocycles. The lowest BCUT2D eigenvalue weighted by molar-refractivity contribution is 0.101. The second-order valence-corrected chi connectivity index (χ2v) is 5.51. The van der Waals surface area contributed by atoms with Gasteiger partial charge in [-0.25, -0.2) is 9.37 Å². The Balaban J connectivity index is 2.16. The third kappa shape index (κ3) is 3.29. The van der Waals surface area contributed by atoms with E-state index in [9.17, 15) is 14.0 Å². The molecule has 1 N–H and O–H groups in total. The Hall–Kier alpha value is -1.60. The summed E-state index contributed by atoms with van der Waals surface area (Å²) in [7, 11) is 0. The molecule has 0 aliphatic carbocycles. The highest BCUT2D eigenvalue weighted by molar-refractivity contribution is 9.09. The predicted molar refractivity (Wildman–Crippen MR) is 79.3 cm³/mol. The van der Waals surface area contributed by atoms with Crippen molar-refractivity contribution in [2.24, 2.45) is 0 Å². The van der Waals surface area contributed by atoms with Crippen LogP contribution >= 0.6 is 27.3 Å². The van der Waals surface area contributed by atoms with E-state index in [-0.39, 0.29) is 11.1 Å². The van der Waals surface area contributed by atoms with Gasteiger partial charge >= 0.3 is 0 Å². The number of amides is 1. The van der Waals surface area contributed by atoms with Gasteiger partial charge in [0.25, 0.3) is 5.91 Å². The molecule has 0 bridgehead atoms. The van der Waals surface area contributed by atoms with E-state index in [1.165, 1.54) is 24.3 Å². The summed E-state index contributed by atoms with van der Waals surface area (Å²) in [6.07, 6.45) is 0. The number of thiazole rings is 1. The van der Waals surface area contributed by atoms with Crippen LogP contribution in [0, 0.1) is 12.7 Å². The Morgan fingerprint density at radius 3 is 2.60 bits per heavy atom. The van der Waals surface area contributed by atoms with Crippen LogP contribution in [0.3, 0.4) is 0 Å². The zero-order valence-corrected chi connectivity index (χ0v) is 12.8. The number of ketones is 1. The fourth-order valence-corrected chi connectivity index (χ4v) is 2.90. The number of hydrogen-bond acceptors (Lipinski definition) is 4. The average Bonchev–Trinajstić information content (AvgIpc) is 2.79. The summed E-state index contributed by atoms with van der Waals surface area (Å²) in [5, 5.41) is 3.15. The summed E-state index contributed by atoms with van der Waals surface area (Å²) in [6.45, 7) is 1.71. The molecule has 20 heavy (non-hydrogen) atoms. The predicted octanol–water partition coefficient (Wildman–Crippen LogP) is 3.42. The summed E-state index contributed by atoms with van der Waals surface area (Å²) in [4.78, 5) is 28.2. The second-order valence-electron chi connectivity index (χ2n) is 3.95. The van der Waals surface area contributed by atoms with E-state index in [0.29, 0.717) is 21.3 Å². The normalized spacial score (nSPS) is 10.3. The molecular formula is C13H10BrFN2O2S. The van der Waals surface area contributed by atoms with Crippen LogP contribution in [0.5, 0.6) is 0 Å². The van der Waals surface area contributed by atoms with Crippen molar-refractivity contribution in [3.63, 3.8) is 0 Å². The van der Waals surface area contributed by atoms with Crippen LogP contribution in [-0.2, 0) is 0 Å². The molecule has 0 fully saturated rings. The number of carbonyl (C=O) groups excluding carboxylic acids is 2. The molecule has 1 aromatic heterocycles. The molecule has 0 spiro atoms. The standard InChI is InChI=1S/C13H10BrFN2O2S/c1-7-11(10(18)6-14)20-13(16-7)17-12(19)8-2-4-9(15)5-3-8/h2-5H,6H2,1H3,(H,16,17,19). The Labute approximate surface area is 127 Å². The number of Topliss-reactive ketones (excluding diaryl/α,β-unsaturated/α-hetero) is 1. The molecule has 1 heterocycles. The van der Waals surface area contributed by atoms with E-state index < -0.39 is 11.7 Å². The summed E-state index contributed by atoms with van der Waals surface area (Å²) >= 11 is 4.22. The minimum atomic E-state index is -0.406. The Kier molecular flexibility index (Phi) is 4.61. The first-order valence-corrected chi connectivity index (χ1v) is 7.58. The van der Waals surface area contributed by atoms with Crippen molar-refractivity contribution < 1.29 is 14.0 Å². The summed E-state index contributed by atoms with van der Waals surface area (Å²) in [5.41, 5.74) is 0.904. The Morgan fingerprint density at radius 2 is 2.00 bits per heavy atom. The van der Waals surface area contributed by atoms with Gasteiger partial charge in [-0.15, -0.1) is 0 Å². The van der Waals surface area contributed by atoms with E-state index >= 15 is 0 Å². The van der Waals surface area contributed by atoms with Gasteiger partial charge in [-0.1, -0.05) is 27.3 Å². The molecule has 1 amide bonds. The number of aromatic nitrogens is 1. The van der Waals surface area contributed by atoms with Crippen molar-refractivity contribution in [1.82, 2.24) is 4.98 Å². The van der Waals surface area contributed by atoms with Gasteiger partial charge in [-0.3, -0.25) is 14.9 Å². The minimum Gasteiger partial charge on any atom is -0.298 e. The first-order chi connectivity index (χ1) is 9.51. The molecular weight excluding hydrogens is 347 g/mol. The van der Waals surface area contributed by atoms with Crippen LogP contribution < -0.4 is 5.32 Å². The number of nitrogens with one attached hydrogen (secondary N) is 1. The topological polar surface area (TPSA) is 59.1 Å². The highest BCUT2D eigenvalue weighted by atomic mass is 79.9. The van der Waals surface area contributed by atoms with Crippen molar-refractivity contribution >= 4 is 44.1 Å². The molecule has 4 nitrogen and oxygen atoms in total. The maximum atomic E-state index is 12.8.